The maximum absolute atomic E-state index is 14.0. The van der Waals surface area contributed by atoms with Gasteiger partial charge in [-0.25, -0.2) is 14.4 Å². The Kier molecular flexibility index (Phi) is 3.84. The van der Waals surface area contributed by atoms with Crippen LogP contribution in [0.2, 0.25) is 0 Å². The van der Waals surface area contributed by atoms with Crippen LogP contribution in [0.25, 0.3) is 10.2 Å². The van der Waals surface area contributed by atoms with Crippen LogP contribution in [0.15, 0.2) is 30.3 Å². The molecular formula is C18H19FN4S. The fraction of sp³-hybridized carbons (Fsp3) is 0.333. The number of halogens is 1. The van der Waals surface area contributed by atoms with Crippen LogP contribution in [0.3, 0.4) is 0 Å². The van der Waals surface area contributed by atoms with Gasteiger partial charge in [0.05, 0.1) is 11.1 Å². The average Bonchev–Trinajstić information content (AvgIpc) is 2.95. The third-order valence-electron chi connectivity index (χ3n) is 4.38. The molecule has 0 unspecified atom stereocenters. The fourth-order valence-electron chi connectivity index (χ4n) is 3.24. The molecule has 4 nitrogen and oxygen atoms in total. The topological polar surface area (TPSA) is 32.3 Å². The van der Waals surface area contributed by atoms with E-state index >= 15 is 0 Å². The molecule has 124 valence electrons. The van der Waals surface area contributed by atoms with Crippen molar-refractivity contribution in [2.75, 3.05) is 36.0 Å². The predicted molar refractivity (Wildman–Crippen MR) is 97.7 cm³/mol. The first-order valence-electron chi connectivity index (χ1n) is 8.11. The SMILES string of the molecule is Cc1nc(N2CCN(c3ccccc3F)CC2)c2cc(C)sc2n1. The number of para-hydroxylation sites is 1. The van der Waals surface area contributed by atoms with E-state index < -0.39 is 0 Å². The number of aryl methyl sites for hydroxylation is 2. The number of rotatable bonds is 2. The monoisotopic (exact) mass is 342 g/mol. The van der Waals surface area contributed by atoms with Crippen LogP contribution in [-0.4, -0.2) is 36.1 Å². The van der Waals surface area contributed by atoms with Crippen LogP contribution >= 0.6 is 11.3 Å². The number of fused-ring (bicyclic) bond motifs is 1. The van der Waals surface area contributed by atoms with Gasteiger partial charge in [-0.2, -0.15) is 0 Å². The van der Waals surface area contributed by atoms with Crippen molar-refractivity contribution in [2.24, 2.45) is 0 Å². The summed E-state index contributed by atoms with van der Waals surface area (Å²) in [5, 5.41) is 1.13. The smallest absolute Gasteiger partial charge is 0.146 e. The molecule has 0 aliphatic carbocycles. The van der Waals surface area contributed by atoms with E-state index in [1.165, 1.54) is 10.9 Å². The molecule has 1 aliphatic heterocycles. The highest BCUT2D eigenvalue weighted by Crippen LogP contribution is 2.31. The van der Waals surface area contributed by atoms with E-state index in [9.17, 15) is 4.39 Å². The molecular weight excluding hydrogens is 323 g/mol. The van der Waals surface area contributed by atoms with Gasteiger partial charge in [0, 0.05) is 31.1 Å². The largest absolute Gasteiger partial charge is 0.366 e. The molecule has 0 saturated carbocycles. The van der Waals surface area contributed by atoms with Gasteiger partial charge in [0.1, 0.15) is 22.3 Å². The Morgan fingerprint density at radius 2 is 1.71 bits per heavy atom. The summed E-state index contributed by atoms with van der Waals surface area (Å²) in [5.74, 6) is 1.66. The molecule has 0 bridgehead atoms. The summed E-state index contributed by atoms with van der Waals surface area (Å²) in [6.45, 7) is 7.27. The minimum Gasteiger partial charge on any atom is -0.366 e. The molecule has 6 heteroatoms. The number of hydrogen-bond acceptors (Lipinski definition) is 5. The Bertz CT molecular complexity index is 884. The second kappa shape index (κ2) is 6.02. The van der Waals surface area contributed by atoms with E-state index in [4.69, 9.17) is 0 Å². The number of anilines is 2. The normalized spacial score (nSPS) is 15.3. The number of aromatic nitrogens is 2. The van der Waals surface area contributed by atoms with Gasteiger partial charge < -0.3 is 9.80 Å². The van der Waals surface area contributed by atoms with Crippen LogP contribution in [0.4, 0.5) is 15.9 Å². The van der Waals surface area contributed by atoms with Gasteiger partial charge in [0.25, 0.3) is 0 Å². The Balaban J connectivity index is 1.59. The number of piperazine rings is 1. The van der Waals surface area contributed by atoms with Crippen molar-refractivity contribution in [1.82, 2.24) is 9.97 Å². The Hall–Kier alpha value is -2.21. The van der Waals surface area contributed by atoms with Gasteiger partial charge in [-0.1, -0.05) is 12.1 Å². The minimum atomic E-state index is -0.153. The molecule has 0 radical (unpaired) electrons. The number of nitrogens with zero attached hydrogens (tertiary/aromatic N) is 4. The Morgan fingerprint density at radius 3 is 2.46 bits per heavy atom. The Labute approximate surface area is 144 Å². The fourth-order valence-corrected chi connectivity index (χ4v) is 4.16. The van der Waals surface area contributed by atoms with E-state index in [2.05, 4.69) is 32.8 Å². The Morgan fingerprint density at radius 1 is 1.00 bits per heavy atom. The number of thiophene rings is 1. The molecule has 0 N–H and O–H groups in total. The average molecular weight is 342 g/mol. The van der Waals surface area contributed by atoms with Crippen molar-refractivity contribution in [3.8, 4) is 0 Å². The number of benzene rings is 1. The summed E-state index contributed by atoms with van der Waals surface area (Å²) < 4.78 is 14.0. The molecule has 1 saturated heterocycles. The maximum Gasteiger partial charge on any atom is 0.146 e. The summed E-state index contributed by atoms with van der Waals surface area (Å²) >= 11 is 1.71. The first kappa shape index (κ1) is 15.3. The van der Waals surface area contributed by atoms with Crippen LogP contribution in [0.5, 0.6) is 0 Å². The van der Waals surface area contributed by atoms with Gasteiger partial charge in [-0.05, 0) is 32.0 Å². The van der Waals surface area contributed by atoms with Crippen molar-refractivity contribution < 1.29 is 4.39 Å². The lowest BCUT2D eigenvalue weighted by molar-refractivity contribution is 0.596. The molecule has 2 aromatic heterocycles. The van der Waals surface area contributed by atoms with E-state index in [0.29, 0.717) is 5.69 Å². The minimum absolute atomic E-state index is 0.153. The van der Waals surface area contributed by atoms with Crippen LogP contribution in [-0.2, 0) is 0 Å². The second-order valence-electron chi connectivity index (χ2n) is 6.10. The van der Waals surface area contributed by atoms with Crippen molar-refractivity contribution in [1.29, 1.82) is 0 Å². The van der Waals surface area contributed by atoms with Gasteiger partial charge in [-0.3, -0.25) is 0 Å². The maximum atomic E-state index is 14.0. The van der Waals surface area contributed by atoms with E-state index in [0.717, 1.165) is 48.0 Å². The highest BCUT2D eigenvalue weighted by molar-refractivity contribution is 7.18. The van der Waals surface area contributed by atoms with E-state index in [1.54, 1.807) is 17.4 Å². The molecule has 24 heavy (non-hydrogen) atoms. The zero-order valence-corrected chi connectivity index (χ0v) is 14.6. The van der Waals surface area contributed by atoms with Crippen LogP contribution in [0, 0.1) is 19.7 Å². The van der Waals surface area contributed by atoms with Crippen LogP contribution in [0.1, 0.15) is 10.7 Å². The third-order valence-corrected chi connectivity index (χ3v) is 5.32. The van der Waals surface area contributed by atoms with Crippen molar-refractivity contribution in [2.45, 2.75) is 13.8 Å². The quantitative estimate of drug-likeness (QED) is 0.709. The van der Waals surface area contributed by atoms with Crippen molar-refractivity contribution in [3.63, 3.8) is 0 Å². The first-order chi connectivity index (χ1) is 11.6. The third kappa shape index (κ3) is 2.71. The second-order valence-corrected chi connectivity index (χ2v) is 7.33. The summed E-state index contributed by atoms with van der Waals surface area (Å²) in [6.07, 6.45) is 0. The van der Waals surface area contributed by atoms with Crippen molar-refractivity contribution >= 4 is 33.1 Å². The highest BCUT2D eigenvalue weighted by atomic mass is 32.1. The first-order valence-corrected chi connectivity index (χ1v) is 8.92. The molecule has 3 aromatic rings. The zero-order valence-electron chi connectivity index (χ0n) is 13.8. The molecule has 0 spiro atoms. The van der Waals surface area contributed by atoms with Crippen LogP contribution < -0.4 is 9.80 Å². The lowest BCUT2D eigenvalue weighted by Gasteiger charge is -2.37. The van der Waals surface area contributed by atoms with Crippen molar-refractivity contribution in [3.05, 3.63) is 46.9 Å². The molecule has 0 atom stereocenters. The lowest BCUT2D eigenvalue weighted by Crippen LogP contribution is -2.47. The molecule has 1 aliphatic rings. The van der Waals surface area contributed by atoms with Gasteiger partial charge >= 0.3 is 0 Å². The molecule has 1 fully saturated rings. The number of hydrogen-bond donors (Lipinski definition) is 0. The van der Waals surface area contributed by atoms with Gasteiger partial charge in [0.2, 0.25) is 0 Å². The summed E-state index contributed by atoms with van der Waals surface area (Å²) in [4.78, 5) is 15.9. The van der Waals surface area contributed by atoms with E-state index in [1.807, 2.05) is 19.1 Å². The zero-order chi connectivity index (χ0) is 16.7. The standard InChI is InChI=1S/C18H19FN4S/c1-12-11-14-17(20-13(2)21-18(14)24-12)23-9-7-22(8-10-23)16-6-4-3-5-15(16)19/h3-6,11H,7-10H2,1-2H3. The summed E-state index contributed by atoms with van der Waals surface area (Å²) in [5.41, 5.74) is 0.688. The summed E-state index contributed by atoms with van der Waals surface area (Å²) in [6, 6.07) is 9.15. The van der Waals surface area contributed by atoms with E-state index in [-0.39, 0.29) is 5.82 Å². The molecule has 3 heterocycles. The molecule has 1 aromatic carbocycles. The predicted octanol–water partition coefficient (Wildman–Crippen LogP) is 3.77. The molecule has 0 amide bonds. The summed E-state index contributed by atoms with van der Waals surface area (Å²) in [7, 11) is 0. The van der Waals surface area contributed by atoms with Gasteiger partial charge in [-0.15, -0.1) is 11.3 Å². The molecule has 4 rings (SSSR count). The lowest BCUT2D eigenvalue weighted by atomic mass is 10.2. The highest BCUT2D eigenvalue weighted by Gasteiger charge is 2.22. The van der Waals surface area contributed by atoms with Gasteiger partial charge in [0.15, 0.2) is 0 Å².